The number of carboxylic acids is 1. The fourth-order valence-corrected chi connectivity index (χ4v) is 5.79. The number of fused-ring (bicyclic) bond motifs is 3. The second kappa shape index (κ2) is 7.78. The lowest BCUT2D eigenvalue weighted by Gasteiger charge is -2.39. The zero-order valence-electron chi connectivity index (χ0n) is 18.2. The van der Waals surface area contributed by atoms with Crippen LogP contribution in [0.1, 0.15) is 34.3 Å². The van der Waals surface area contributed by atoms with Crippen LogP contribution in [0.3, 0.4) is 0 Å². The van der Waals surface area contributed by atoms with Gasteiger partial charge in [0.2, 0.25) is 0 Å². The molecule has 0 amide bonds. The largest absolute Gasteiger partial charge is 0.478 e. The summed E-state index contributed by atoms with van der Waals surface area (Å²) in [4.78, 5) is 24.0. The Kier molecular flexibility index (Phi) is 4.76. The van der Waals surface area contributed by atoms with Crippen LogP contribution in [-0.2, 0) is 13.0 Å². The molecule has 1 aromatic heterocycles. The van der Waals surface area contributed by atoms with Gasteiger partial charge in [-0.05, 0) is 49.1 Å². The molecule has 2 saturated heterocycles. The second-order valence-corrected chi connectivity index (χ2v) is 9.26. The molecule has 1 atom stereocenters. The van der Waals surface area contributed by atoms with Crippen LogP contribution < -0.4 is 9.80 Å². The van der Waals surface area contributed by atoms with Crippen molar-refractivity contribution in [2.75, 3.05) is 42.5 Å². The molecule has 1 N–H and O–H groups in total. The molecule has 2 fully saturated rings. The molecule has 6 heteroatoms. The highest BCUT2D eigenvalue weighted by Crippen LogP contribution is 2.39. The molecule has 2 aromatic carbocycles. The third kappa shape index (κ3) is 3.30. The van der Waals surface area contributed by atoms with E-state index in [1.807, 2.05) is 6.07 Å². The van der Waals surface area contributed by atoms with Crippen LogP contribution in [0, 0.1) is 0 Å². The first-order chi connectivity index (χ1) is 15.7. The molecule has 3 aromatic rings. The van der Waals surface area contributed by atoms with E-state index in [0.29, 0.717) is 11.6 Å². The van der Waals surface area contributed by atoms with Crippen LogP contribution in [0.5, 0.6) is 0 Å². The molecule has 3 aliphatic rings. The number of aromatic carboxylic acids is 1. The Balaban J connectivity index is 1.44. The number of aromatic nitrogens is 1. The molecule has 0 saturated carbocycles. The molecule has 0 spiro atoms. The summed E-state index contributed by atoms with van der Waals surface area (Å²) in [5, 5.41) is 11.0. The number of nitrogens with zero attached hydrogens (tertiary/aromatic N) is 4. The maximum Gasteiger partial charge on any atom is 0.339 e. The fraction of sp³-hybridized carbons (Fsp3) is 0.385. The van der Waals surface area contributed by atoms with E-state index in [0.717, 1.165) is 55.7 Å². The number of hydrogen-bond acceptors (Lipinski definition) is 5. The molecule has 0 radical (unpaired) electrons. The lowest BCUT2D eigenvalue weighted by Crippen LogP contribution is -2.50. The summed E-state index contributed by atoms with van der Waals surface area (Å²) >= 11 is 0. The van der Waals surface area contributed by atoms with E-state index in [1.54, 1.807) is 6.20 Å². The Morgan fingerprint density at radius 2 is 1.97 bits per heavy atom. The zero-order valence-corrected chi connectivity index (χ0v) is 18.2. The van der Waals surface area contributed by atoms with Gasteiger partial charge in [-0.3, -0.25) is 9.88 Å². The first kappa shape index (κ1) is 19.6. The van der Waals surface area contributed by atoms with Gasteiger partial charge in [-0.15, -0.1) is 0 Å². The van der Waals surface area contributed by atoms with Gasteiger partial charge in [0, 0.05) is 56.0 Å². The van der Waals surface area contributed by atoms with E-state index in [2.05, 4.69) is 56.1 Å². The quantitative estimate of drug-likeness (QED) is 0.683. The van der Waals surface area contributed by atoms with Crippen molar-refractivity contribution >= 4 is 28.2 Å². The Morgan fingerprint density at radius 1 is 1.09 bits per heavy atom. The van der Waals surface area contributed by atoms with Gasteiger partial charge < -0.3 is 14.9 Å². The monoisotopic (exact) mass is 428 g/mol. The molecule has 0 bridgehead atoms. The highest BCUT2D eigenvalue weighted by molar-refractivity contribution is 6.06. The van der Waals surface area contributed by atoms with Crippen molar-refractivity contribution in [3.8, 4) is 0 Å². The summed E-state index contributed by atoms with van der Waals surface area (Å²) in [5.41, 5.74) is 5.87. The molecule has 4 heterocycles. The molecular formula is C26H28N4O2. The van der Waals surface area contributed by atoms with E-state index in [9.17, 15) is 9.90 Å². The minimum Gasteiger partial charge on any atom is -0.478 e. The first-order valence-corrected chi connectivity index (χ1v) is 11.6. The van der Waals surface area contributed by atoms with Crippen molar-refractivity contribution in [2.24, 2.45) is 0 Å². The van der Waals surface area contributed by atoms with Crippen LogP contribution >= 0.6 is 0 Å². The van der Waals surface area contributed by atoms with Crippen LogP contribution in [0.15, 0.2) is 48.7 Å². The smallest absolute Gasteiger partial charge is 0.339 e. The van der Waals surface area contributed by atoms with Gasteiger partial charge in [0.25, 0.3) is 0 Å². The topological polar surface area (TPSA) is 59.9 Å². The van der Waals surface area contributed by atoms with Gasteiger partial charge in [-0.2, -0.15) is 0 Å². The number of anilines is 2. The van der Waals surface area contributed by atoms with Gasteiger partial charge in [-0.1, -0.05) is 30.3 Å². The number of benzene rings is 2. The third-order valence-electron chi connectivity index (χ3n) is 7.38. The Hall–Kier alpha value is -3.12. The van der Waals surface area contributed by atoms with Crippen LogP contribution in [0.4, 0.5) is 11.4 Å². The summed E-state index contributed by atoms with van der Waals surface area (Å²) < 4.78 is 0. The number of carboxylic acid groups (broad SMARTS) is 1. The van der Waals surface area contributed by atoms with Crippen LogP contribution in [0.25, 0.3) is 10.9 Å². The molecule has 164 valence electrons. The van der Waals surface area contributed by atoms with Gasteiger partial charge in [0.15, 0.2) is 0 Å². The summed E-state index contributed by atoms with van der Waals surface area (Å²) in [6, 6.07) is 15.4. The highest BCUT2D eigenvalue weighted by atomic mass is 16.4. The number of hydrogen-bond donors (Lipinski definition) is 1. The summed E-state index contributed by atoms with van der Waals surface area (Å²) in [7, 11) is 0. The van der Waals surface area contributed by atoms with Crippen molar-refractivity contribution in [3.05, 3.63) is 65.4 Å². The van der Waals surface area contributed by atoms with Crippen molar-refractivity contribution in [2.45, 2.75) is 31.8 Å². The van der Waals surface area contributed by atoms with Gasteiger partial charge >= 0.3 is 5.97 Å². The maximum absolute atomic E-state index is 12.2. The first-order valence-electron chi connectivity index (χ1n) is 11.6. The zero-order chi connectivity index (χ0) is 21.7. The van der Waals surface area contributed by atoms with E-state index < -0.39 is 5.97 Å². The van der Waals surface area contributed by atoms with Crippen LogP contribution in [-0.4, -0.2) is 59.7 Å². The SMILES string of the molecule is O=C(O)c1cnc2cc3c(cc2c1N1CCN2CCC[C@H]2C1)N(Cc1ccccc1)CC3. The normalized spacial score (nSPS) is 20.6. The average Bonchev–Trinajstić information content (AvgIpc) is 3.44. The number of pyridine rings is 1. The summed E-state index contributed by atoms with van der Waals surface area (Å²) in [6.07, 6.45) is 4.99. The lowest BCUT2D eigenvalue weighted by atomic mass is 10.0. The Labute approximate surface area is 188 Å². The maximum atomic E-state index is 12.2. The highest BCUT2D eigenvalue weighted by Gasteiger charge is 2.33. The van der Waals surface area contributed by atoms with Gasteiger partial charge in [-0.25, -0.2) is 4.79 Å². The number of piperazine rings is 1. The molecule has 6 rings (SSSR count). The van der Waals surface area contributed by atoms with E-state index in [4.69, 9.17) is 0 Å². The Morgan fingerprint density at radius 3 is 2.81 bits per heavy atom. The van der Waals surface area contributed by atoms with Crippen molar-refractivity contribution in [1.82, 2.24) is 9.88 Å². The van der Waals surface area contributed by atoms with Crippen molar-refractivity contribution in [1.29, 1.82) is 0 Å². The Bertz CT molecular complexity index is 1180. The fourth-order valence-electron chi connectivity index (χ4n) is 5.79. The summed E-state index contributed by atoms with van der Waals surface area (Å²) in [5.74, 6) is -0.898. The molecule has 32 heavy (non-hydrogen) atoms. The minimum atomic E-state index is -0.898. The lowest BCUT2D eigenvalue weighted by molar-refractivity contribution is 0.0697. The number of carbonyl (C=O) groups is 1. The average molecular weight is 429 g/mol. The minimum absolute atomic E-state index is 0.316. The van der Waals surface area contributed by atoms with Crippen molar-refractivity contribution < 1.29 is 9.90 Å². The predicted octanol–water partition coefficient (Wildman–Crippen LogP) is 3.78. The van der Waals surface area contributed by atoms with E-state index in [1.165, 1.54) is 36.2 Å². The predicted molar refractivity (Wildman–Crippen MR) is 127 cm³/mol. The third-order valence-corrected chi connectivity index (χ3v) is 7.38. The van der Waals surface area contributed by atoms with E-state index >= 15 is 0 Å². The van der Waals surface area contributed by atoms with Gasteiger partial charge in [0.1, 0.15) is 5.56 Å². The molecule has 0 unspecified atom stereocenters. The molecule has 6 nitrogen and oxygen atoms in total. The number of rotatable bonds is 4. The molecule has 3 aliphatic heterocycles. The van der Waals surface area contributed by atoms with Gasteiger partial charge in [0.05, 0.1) is 11.2 Å². The second-order valence-electron chi connectivity index (χ2n) is 9.26. The molecule has 0 aliphatic carbocycles. The van der Waals surface area contributed by atoms with Crippen LogP contribution in [0.2, 0.25) is 0 Å². The van der Waals surface area contributed by atoms with Crippen molar-refractivity contribution in [3.63, 3.8) is 0 Å². The molecular weight excluding hydrogens is 400 g/mol. The standard InChI is InChI=1S/C26H28N4O2/c31-26(32)22-15-27-23-13-19-8-10-29(16-18-5-2-1-3-6-18)24(19)14-21(23)25(22)30-12-11-28-9-4-7-20(28)17-30/h1-3,5-6,13-15,20H,4,7-12,16-17H2,(H,31,32)/t20-/m0/s1. The summed E-state index contributed by atoms with van der Waals surface area (Å²) in [6.45, 7) is 5.76. The van der Waals surface area contributed by atoms with E-state index in [-0.39, 0.29) is 0 Å².